The lowest BCUT2D eigenvalue weighted by atomic mass is 9.98. The molecule has 1 rings (SSSR count). The van der Waals surface area contributed by atoms with Crippen molar-refractivity contribution in [3.63, 3.8) is 0 Å². The molecule has 12 heteroatoms. The Morgan fingerprint density at radius 3 is 1.30 bits per heavy atom. The number of aliphatic hydroxyl groups excluding tert-OH is 2. The zero-order chi connectivity index (χ0) is 56.1. The van der Waals surface area contributed by atoms with E-state index in [1.807, 2.05) is 12.2 Å². The van der Waals surface area contributed by atoms with Crippen LogP contribution in [0.25, 0.3) is 0 Å². The van der Waals surface area contributed by atoms with Crippen molar-refractivity contribution in [2.75, 3.05) is 13.2 Å². The molecule has 0 bridgehead atoms. The van der Waals surface area contributed by atoms with Crippen molar-refractivity contribution < 1.29 is 58.2 Å². The number of carbonyl (C=O) groups excluding carboxylic acids is 3. The number of carboxylic acid groups (broad SMARTS) is 1. The van der Waals surface area contributed by atoms with E-state index in [2.05, 4.69) is 87.6 Å². The number of esters is 3. The number of rotatable bonds is 51. The fourth-order valence-corrected chi connectivity index (χ4v) is 8.78. The van der Waals surface area contributed by atoms with Gasteiger partial charge in [0.2, 0.25) is 0 Å². The molecule has 3 N–H and O–H groups in total. The Bertz CT molecular complexity index is 1660. The first-order valence-electron chi connectivity index (χ1n) is 30.6. The van der Waals surface area contributed by atoms with Crippen LogP contribution in [0.2, 0.25) is 0 Å². The highest BCUT2D eigenvalue weighted by molar-refractivity contribution is 5.74. The highest BCUT2D eigenvalue weighted by Crippen LogP contribution is 2.26. The molecule has 440 valence electrons. The second-order valence-electron chi connectivity index (χ2n) is 20.6. The number of allylic oxidation sites excluding steroid dienone is 13. The molecule has 1 aliphatic heterocycles. The standard InChI is InChI=1S/C65H108O12/c1-4-7-10-13-16-19-22-25-28-29-32-35-38-41-44-47-50-53-59(68)76-63-61(70)60(69)62(64(71)72)77-65(63)74-55-56(75-58(67)52-49-46-43-40-37-34-31-27-24-21-18-15-12-9-6-3)54-73-57(66)51-48-45-42-39-36-33-30-26-23-20-17-14-11-8-5-2/h8,11,17,20,25-28,30-31,36,39,45,48,56,60-63,65,69-70H,4-7,9-10,12-16,18-19,21-24,29,32-35,37-38,40-44,46-47,49-55H2,1-3H3,(H,71,72)/b11-8-,20-17-,28-25-,30-26-,31-27-,39-36-,48-45-. The predicted molar refractivity (Wildman–Crippen MR) is 312 cm³/mol. The molecule has 0 amide bonds. The van der Waals surface area contributed by atoms with Gasteiger partial charge in [-0.25, -0.2) is 4.79 Å². The number of hydrogen-bond donors (Lipinski definition) is 3. The Balaban J connectivity index is 2.73. The third kappa shape index (κ3) is 42.5. The molecule has 0 aromatic carbocycles. The van der Waals surface area contributed by atoms with E-state index in [1.54, 1.807) is 6.08 Å². The maximum Gasteiger partial charge on any atom is 0.335 e. The van der Waals surface area contributed by atoms with E-state index in [0.717, 1.165) is 103 Å². The number of ether oxygens (including phenoxy) is 5. The van der Waals surface area contributed by atoms with Gasteiger partial charge >= 0.3 is 23.9 Å². The van der Waals surface area contributed by atoms with Crippen molar-refractivity contribution in [3.8, 4) is 0 Å². The van der Waals surface area contributed by atoms with E-state index < -0.39 is 67.3 Å². The van der Waals surface area contributed by atoms with Crippen LogP contribution in [-0.4, -0.2) is 89.2 Å². The topological polar surface area (TPSA) is 175 Å². The fraction of sp³-hybridized carbons (Fsp3) is 0.723. The molecule has 0 spiro atoms. The summed E-state index contributed by atoms with van der Waals surface area (Å²) in [5.74, 6) is -3.30. The molecule has 1 fully saturated rings. The van der Waals surface area contributed by atoms with Gasteiger partial charge in [-0.15, -0.1) is 0 Å². The Morgan fingerprint density at radius 1 is 0.455 bits per heavy atom. The molecule has 6 atom stereocenters. The molecule has 1 saturated heterocycles. The third-order valence-corrected chi connectivity index (χ3v) is 13.5. The van der Waals surface area contributed by atoms with Gasteiger partial charge in [-0.2, -0.15) is 0 Å². The molecule has 0 aromatic rings. The molecule has 1 heterocycles. The van der Waals surface area contributed by atoms with E-state index >= 15 is 0 Å². The summed E-state index contributed by atoms with van der Waals surface area (Å²) in [5.41, 5.74) is 0. The SMILES string of the molecule is CC/C=C\C/C=C\C/C=C\C/C=C\C/C=C\CC(=O)OCC(COC1OC(C(=O)O)C(O)C(O)C1OC(=O)CCCCCCCCC/C=C\CCCCCCCC)OC(=O)CCCCCCC/C=C\CCCCCCCC. The number of carboxylic acids is 1. The summed E-state index contributed by atoms with van der Waals surface area (Å²) >= 11 is 0. The van der Waals surface area contributed by atoms with Gasteiger partial charge in [-0.05, 0) is 96.3 Å². The van der Waals surface area contributed by atoms with Crippen molar-refractivity contribution in [2.45, 2.75) is 289 Å². The van der Waals surface area contributed by atoms with Crippen molar-refractivity contribution in [1.82, 2.24) is 0 Å². The van der Waals surface area contributed by atoms with Crippen molar-refractivity contribution in [3.05, 3.63) is 85.1 Å². The van der Waals surface area contributed by atoms with E-state index in [1.165, 1.54) is 89.9 Å². The highest BCUT2D eigenvalue weighted by atomic mass is 16.7. The minimum atomic E-state index is -1.92. The summed E-state index contributed by atoms with van der Waals surface area (Å²) in [6.45, 7) is 5.78. The van der Waals surface area contributed by atoms with Crippen LogP contribution < -0.4 is 0 Å². The summed E-state index contributed by atoms with van der Waals surface area (Å²) in [6, 6.07) is 0. The molecule has 12 nitrogen and oxygen atoms in total. The zero-order valence-corrected chi connectivity index (χ0v) is 48.4. The molecule has 0 aliphatic carbocycles. The van der Waals surface area contributed by atoms with Crippen LogP contribution in [0.15, 0.2) is 85.1 Å². The number of aliphatic hydroxyl groups is 2. The fourth-order valence-electron chi connectivity index (χ4n) is 8.78. The average Bonchev–Trinajstić information content (AvgIpc) is 3.42. The van der Waals surface area contributed by atoms with Crippen molar-refractivity contribution in [2.24, 2.45) is 0 Å². The minimum Gasteiger partial charge on any atom is -0.479 e. The lowest BCUT2D eigenvalue weighted by Gasteiger charge is -2.40. The Hall–Kier alpha value is -4.10. The van der Waals surface area contributed by atoms with Crippen LogP contribution in [0.4, 0.5) is 0 Å². The second kappa shape index (κ2) is 52.6. The Morgan fingerprint density at radius 2 is 0.857 bits per heavy atom. The van der Waals surface area contributed by atoms with Crippen LogP contribution in [0, 0.1) is 0 Å². The highest BCUT2D eigenvalue weighted by Gasteiger charge is 2.50. The van der Waals surface area contributed by atoms with E-state index in [0.29, 0.717) is 19.3 Å². The largest absolute Gasteiger partial charge is 0.479 e. The molecule has 77 heavy (non-hydrogen) atoms. The van der Waals surface area contributed by atoms with Crippen LogP contribution in [0.3, 0.4) is 0 Å². The van der Waals surface area contributed by atoms with Gasteiger partial charge in [-0.3, -0.25) is 14.4 Å². The molecule has 1 aliphatic rings. The van der Waals surface area contributed by atoms with Crippen LogP contribution in [0.5, 0.6) is 0 Å². The molecular weight excluding hydrogens is 973 g/mol. The maximum atomic E-state index is 13.1. The van der Waals surface area contributed by atoms with E-state index in [4.69, 9.17) is 23.7 Å². The van der Waals surface area contributed by atoms with Gasteiger partial charge in [0.1, 0.15) is 18.8 Å². The monoisotopic (exact) mass is 1080 g/mol. The maximum absolute atomic E-state index is 13.1. The lowest BCUT2D eigenvalue weighted by molar-refractivity contribution is -0.301. The van der Waals surface area contributed by atoms with Crippen molar-refractivity contribution >= 4 is 23.9 Å². The van der Waals surface area contributed by atoms with E-state index in [-0.39, 0.29) is 25.9 Å². The van der Waals surface area contributed by atoms with Gasteiger partial charge in [0.25, 0.3) is 0 Å². The summed E-state index contributed by atoms with van der Waals surface area (Å²) in [6.07, 6.45) is 55.7. The van der Waals surface area contributed by atoms with Crippen molar-refractivity contribution in [1.29, 1.82) is 0 Å². The van der Waals surface area contributed by atoms with Gasteiger partial charge < -0.3 is 39.0 Å². The summed E-state index contributed by atoms with van der Waals surface area (Å²) < 4.78 is 28.3. The first-order valence-corrected chi connectivity index (χ1v) is 30.6. The van der Waals surface area contributed by atoms with Gasteiger partial charge in [0.15, 0.2) is 24.6 Å². The minimum absolute atomic E-state index is 0.0185. The predicted octanol–water partition coefficient (Wildman–Crippen LogP) is 15.9. The molecule has 0 saturated carbocycles. The normalized spacial score (nSPS) is 18.6. The number of hydrogen-bond acceptors (Lipinski definition) is 11. The zero-order valence-electron chi connectivity index (χ0n) is 48.4. The average molecular weight is 1080 g/mol. The lowest BCUT2D eigenvalue weighted by Crippen LogP contribution is -2.61. The number of unbranched alkanes of at least 4 members (excludes halogenated alkanes) is 24. The molecule has 0 aromatic heterocycles. The van der Waals surface area contributed by atoms with Crippen LogP contribution in [0.1, 0.15) is 252 Å². The Kier molecular flexibility index (Phi) is 48.4. The van der Waals surface area contributed by atoms with Gasteiger partial charge in [0, 0.05) is 12.8 Å². The van der Waals surface area contributed by atoms with E-state index in [9.17, 15) is 34.5 Å². The quantitative estimate of drug-likeness (QED) is 0.0228. The second-order valence-corrected chi connectivity index (χ2v) is 20.6. The molecule has 6 unspecified atom stereocenters. The first-order chi connectivity index (χ1) is 37.6. The smallest absolute Gasteiger partial charge is 0.335 e. The number of carbonyl (C=O) groups is 4. The van der Waals surface area contributed by atoms with Crippen LogP contribution >= 0.6 is 0 Å². The third-order valence-electron chi connectivity index (χ3n) is 13.5. The van der Waals surface area contributed by atoms with Gasteiger partial charge in [0.05, 0.1) is 13.0 Å². The van der Waals surface area contributed by atoms with Crippen LogP contribution in [-0.2, 0) is 42.9 Å². The summed E-state index contributed by atoms with van der Waals surface area (Å²) in [7, 11) is 0. The Labute approximate surface area is 467 Å². The first kappa shape index (κ1) is 70.9. The summed E-state index contributed by atoms with van der Waals surface area (Å²) in [4.78, 5) is 51.1. The molecular formula is C65H108O12. The summed E-state index contributed by atoms with van der Waals surface area (Å²) in [5, 5.41) is 31.5. The van der Waals surface area contributed by atoms with Gasteiger partial charge in [-0.1, -0.05) is 221 Å². The molecule has 0 radical (unpaired) electrons. The number of aliphatic carboxylic acids is 1.